The lowest BCUT2D eigenvalue weighted by Crippen LogP contribution is -2.06. The highest BCUT2D eigenvalue weighted by Gasteiger charge is 2.37. The molecule has 0 N–H and O–H groups in total. The number of hydrogen-bond acceptors (Lipinski definition) is 0. The van der Waals surface area contributed by atoms with E-state index in [2.05, 4.69) is 63.0 Å². The maximum Gasteiger partial charge on any atom is 0.0217 e. The lowest BCUT2D eigenvalue weighted by Gasteiger charge is -2.08. The number of benzene rings is 1. The van der Waals surface area contributed by atoms with Crippen molar-refractivity contribution in [3.63, 3.8) is 0 Å². The molecule has 76 valence electrons. The largest absolute Gasteiger partial charge is 0.0884 e. The zero-order chi connectivity index (χ0) is 10.1. The Morgan fingerprint density at radius 2 is 2.21 bits per heavy atom. The molecular formula is C12H14Br2. The van der Waals surface area contributed by atoms with Gasteiger partial charge in [-0.2, -0.15) is 0 Å². The molecular weight excluding hydrogens is 304 g/mol. The van der Waals surface area contributed by atoms with Gasteiger partial charge in [-0.25, -0.2) is 0 Å². The summed E-state index contributed by atoms with van der Waals surface area (Å²) in [6.45, 7) is 2.33. The Kier molecular flexibility index (Phi) is 3.33. The summed E-state index contributed by atoms with van der Waals surface area (Å²) in [7, 11) is 0. The van der Waals surface area contributed by atoms with E-state index >= 15 is 0 Å². The molecule has 2 heteroatoms. The van der Waals surface area contributed by atoms with Crippen molar-refractivity contribution in [3.05, 3.63) is 34.3 Å². The van der Waals surface area contributed by atoms with E-state index in [1.54, 1.807) is 0 Å². The van der Waals surface area contributed by atoms with Crippen LogP contribution in [-0.4, -0.2) is 4.83 Å². The third kappa shape index (κ3) is 2.60. The first-order valence-corrected chi connectivity index (χ1v) is 6.76. The first-order valence-electron chi connectivity index (χ1n) is 5.05. The van der Waals surface area contributed by atoms with E-state index in [4.69, 9.17) is 0 Å². The second kappa shape index (κ2) is 4.36. The van der Waals surface area contributed by atoms with Crippen LogP contribution in [-0.2, 0) is 6.42 Å². The third-order valence-corrected chi connectivity index (χ3v) is 4.45. The van der Waals surface area contributed by atoms with Crippen LogP contribution in [0.15, 0.2) is 28.7 Å². The van der Waals surface area contributed by atoms with Crippen molar-refractivity contribution in [1.29, 1.82) is 0 Å². The van der Waals surface area contributed by atoms with Crippen molar-refractivity contribution in [2.24, 2.45) is 11.8 Å². The number of alkyl halides is 1. The predicted octanol–water partition coefficient (Wildman–Crippen LogP) is 4.41. The molecule has 2 rings (SSSR count). The van der Waals surface area contributed by atoms with E-state index in [-0.39, 0.29) is 0 Å². The van der Waals surface area contributed by atoms with Gasteiger partial charge in [-0.05, 0) is 42.4 Å². The van der Waals surface area contributed by atoms with Gasteiger partial charge < -0.3 is 0 Å². The lowest BCUT2D eigenvalue weighted by atomic mass is 10.1. The molecule has 0 bridgehead atoms. The molecule has 0 amide bonds. The van der Waals surface area contributed by atoms with E-state index in [0.717, 1.165) is 18.3 Å². The van der Waals surface area contributed by atoms with Crippen molar-refractivity contribution in [2.75, 3.05) is 0 Å². The van der Waals surface area contributed by atoms with Crippen LogP contribution >= 0.6 is 31.9 Å². The van der Waals surface area contributed by atoms with Gasteiger partial charge in [0.15, 0.2) is 0 Å². The Morgan fingerprint density at radius 1 is 1.50 bits per heavy atom. The SMILES string of the molecule is CC1CC1C(Br)Cc1cccc(Br)c1. The molecule has 0 aliphatic heterocycles. The van der Waals surface area contributed by atoms with Crippen molar-refractivity contribution in [1.82, 2.24) is 0 Å². The molecule has 1 aromatic rings. The topological polar surface area (TPSA) is 0 Å². The second-order valence-corrected chi connectivity index (χ2v) is 6.32. The quantitative estimate of drug-likeness (QED) is 0.724. The summed E-state index contributed by atoms with van der Waals surface area (Å²) < 4.78 is 1.18. The van der Waals surface area contributed by atoms with Gasteiger partial charge in [0.25, 0.3) is 0 Å². The average molecular weight is 318 g/mol. The maximum atomic E-state index is 3.79. The lowest BCUT2D eigenvalue weighted by molar-refractivity contribution is 0.701. The van der Waals surface area contributed by atoms with E-state index in [0.29, 0.717) is 4.83 Å². The molecule has 1 aliphatic rings. The molecule has 0 aromatic heterocycles. The van der Waals surface area contributed by atoms with Crippen molar-refractivity contribution >= 4 is 31.9 Å². The summed E-state index contributed by atoms with van der Waals surface area (Å²) in [5, 5.41) is 0. The molecule has 0 spiro atoms. The summed E-state index contributed by atoms with van der Waals surface area (Å²) in [5.41, 5.74) is 1.42. The van der Waals surface area contributed by atoms with Crippen LogP contribution in [0.3, 0.4) is 0 Å². The highest BCUT2D eigenvalue weighted by Crippen LogP contribution is 2.44. The summed E-state index contributed by atoms with van der Waals surface area (Å²) in [4.78, 5) is 0.659. The minimum Gasteiger partial charge on any atom is -0.0884 e. The molecule has 1 aromatic carbocycles. The first-order chi connectivity index (χ1) is 6.66. The molecule has 14 heavy (non-hydrogen) atoms. The van der Waals surface area contributed by atoms with Crippen LogP contribution in [0, 0.1) is 11.8 Å². The molecule has 3 unspecified atom stereocenters. The van der Waals surface area contributed by atoms with Gasteiger partial charge in [0.2, 0.25) is 0 Å². The average Bonchev–Trinajstić information content (AvgIpc) is 2.82. The Morgan fingerprint density at radius 3 is 2.79 bits per heavy atom. The summed E-state index contributed by atoms with van der Waals surface area (Å²) in [6, 6.07) is 8.59. The Balaban J connectivity index is 1.96. The van der Waals surface area contributed by atoms with Crippen LogP contribution in [0.1, 0.15) is 18.9 Å². The van der Waals surface area contributed by atoms with Gasteiger partial charge in [-0.3, -0.25) is 0 Å². The molecule has 0 heterocycles. The van der Waals surface area contributed by atoms with Gasteiger partial charge >= 0.3 is 0 Å². The van der Waals surface area contributed by atoms with Gasteiger partial charge in [-0.15, -0.1) is 0 Å². The van der Waals surface area contributed by atoms with Gasteiger partial charge in [-0.1, -0.05) is 50.9 Å². The van der Waals surface area contributed by atoms with Crippen molar-refractivity contribution in [3.8, 4) is 0 Å². The van der Waals surface area contributed by atoms with Gasteiger partial charge in [0, 0.05) is 9.30 Å². The van der Waals surface area contributed by atoms with Crippen LogP contribution < -0.4 is 0 Å². The highest BCUT2D eigenvalue weighted by molar-refractivity contribution is 9.10. The zero-order valence-electron chi connectivity index (χ0n) is 8.21. The standard InChI is InChI=1S/C12H14Br2/c1-8-5-11(8)12(14)7-9-3-2-4-10(13)6-9/h2-4,6,8,11-12H,5,7H2,1H3. The van der Waals surface area contributed by atoms with Crippen LogP contribution in [0.2, 0.25) is 0 Å². The number of hydrogen-bond donors (Lipinski definition) is 0. The molecule has 0 nitrogen and oxygen atoms in total. The fraction of sp³-hybridized carbons (Fsp3) is 0.500. The van der Waals surface area contributed by atoms with Crippen LogP contribution in [0.5, 0.6) is 0 Å². The smallest absolute Gasteiger partial charge is 0.0217 e. The van der Waals surface area contributed by atoms with E-state index < -0.39 is 0 Å². The summed E-state index contributed by atoms with van der Waals surface area (Å²) in [6.07, 6.45) is 2.54. The predicted molar refractivity (Wildman–Crippen MR) is 67.8 cm³/mol. The molecule has 3 atom stereocenters. The maximum absolute atomic E-state index is 3.79. The molecule has 0 saturated heterocycles. The van der Waals surface area contributed by atoms with Gasteiger partial charge in [0.05, 0.1) is 0 Å². The molecule has 1 saturated carbocycles. The van der Waals surface area contributed by atoms with Crippen LogP contribution in [0.4, 0.5) is 0 Å². The summed E-state index contributed by atoms with van der Waals surface area (Å²) in [5.74, 6) is 1.82. The molecule has 1 aliphatic carbocycles. The number of rotatable bonds is 3. The molecule has 1 fully saturated rings. The second-order valence-electron chi connectivity index (χ2n) is 4.23. The zero-order valence-corrected chi connectivity index (χ0v) is 11.4. The van der Waals surface area contributed by atoms with E-state index in [1.165, 1.54) is 16.5 Å². The fourth-order valence-electron chi connectivity index (χ4n) is 1.90. The monoisotopic (exact) mass is 316 g/mol. The van der Waals surface area contributed by atoms with Gasteiger partial charge in [0.1, 0.15) is 0 Å². The minimum atomic E-state index is 0.659. The summed E-state index contributed by atoms with van der Waals surface area (Å²) >= 11 is 7.29. The number of halogens is 2. The van der Waals surface area contributed by atoms with E-state index in [1.807, 2.05) is 0 Å². The Bertz CT molecular complexity index is 322. The molecule has 0 radical (unpaired) electrons. The van der Waals surface area contributed by atoms with Crippen molar-refractivity contribution in [2.45, 2.75) is 24.6 Å². The van der Waals surface area contributed by atoms with Crippen LogP contribution in [0.25, 0.3) is 0 Å². The highest BCUT2D eigenvalue weighted by atomic mass is 79.9. The van der Waals surface area contributed by atoms with E-state index in [9.17, 15) is 0 Å². The fourth-order valence-corrected chi connectivity index (χ4v) is 3.45. The third-order valence-electron chi connectivity index (χ3n) is 2.96. The Hall–Kier alpha value is 0.180. The first kappa shape index (κ1) is 10.7. The van der Waals surface area contributed by atoms with Crippen molar-refractivity contribution < 1.29 is 0 Å². The Labute approximate surface area is 102 Å². The normalized spacial score (nSPS) is 27.4. The minimum absolute atomic E-state index is 0.659.